The molecule has 3 aliphatic rings. The molecule has 1 aliphatic heterocycles. The molecule has 0 radical (unpaired) electrons. The average Bonchev–Trinajstić information content (AvgIpc) is 3.41. The lowest BCUT2D eigenvalue weighted by Crippen LogP contribution is -2.50. The Bertz CT molecular complexity index is 690. The topological polar surface area (TPSA) is 73.4 Å². The Morgan fingerprint density at radius 1 is 1.21 bits per heavy atom. The molecule has 0 spiro atoms. The van der Waals surface area contributed by atoms with Crippen LogP contribution in [0.3, 0.4) is 0 Å². The maximum atomic E-state index is 12.6. The number of rotatable bonds is 3. The third-order valence-corrected chi connectivity index (χ3v) is 5.16. The molecule has 126 valence electrons. The highest BCUT2D eigenvalue weighted by molar-refractivity contribution is 5.79. The fraction of sp³-hybridized carbons (Fsp3) is 0.611. The van der Waals surface area contributed by atoms with Crippen LogP contribution >= 0.6 is 0 Å². The predicted molar refractivity (Wildman–Crippen MR) is 88.5 cm³/mol. The van der Waals surface area contributed by atoms with Crippen LogP contribution in [0.25, 0.3) is 0 Å². The first-order valence-electron chi connectivity index (χ1n) is 8.86. The van der Waals surface area contributed by atoms with Crippen LogP contribution in [0.5, 0.6) is 0 Å². The molecule has 2 heterocycles. The molecule has 24 heavy (non-hydrogen) atoms. The zero-order chi connectivity index (χ0) is 16.5. The summed E-state index contributed by atoms with van der Waals surface area (Å²) in [5.74, 6) is 2.10. The van der Waals surface area contributed by atoms with Crippen LogP contribution in [0, 0.1) is 17.2 Å². The second-order valence-electron chi connectivity index (χ2n) is 6.89. The predicted octanol–water partition coefficient (Wildman–Crippen LogP) is 2.43. The van der Waals surface area contributed by atoms with Crippen LogP contribution in [0.15, 0.2) is 16.6 Å². The molecular formula is C18H22N4O2. The third kappa shape index (κ3) is 2.91. The van der Waals surface area contributed by atoms with Gasteiger partial charge in [0.1, 0.15) is 6.07 Å². The van der Waals surface area contributed by atoms with Gasteiger partial charge in [0.05, 0.1) is 0 Å². The van der Waals surface area contributed by atoms with Gasteiger partial charge in [-0.05, 0) is 32.1 Å². The van der Waals surface area contributed by atoms with Crippen molar-refractivity contribution in [1.29, 1.82) is 5.26 Å². The van der Waals surface area contributed by atoms with E-state index in [0.717, 1.165) is 32.1 Å². The highest BCUT2D eigenvalue weighted by Gasteiger charge is 2.33. The van der Waals surface area contributed by atoms with E-state index < -0.39 is 0 Å². The summed E-state index contributed by atoms with van der Waals surface area (Å²) in [4.78, 5) is 21.0. The van der Waals surface area contributed by atoms with Crippen molar-refractivity contribution in [3.8, 4) is 6.07 Å². The van der Waals surface area contributed by atoms with Crippen molar-refractivity contribution in [2.75, 3.05) is 31.1 Å². The zero-order valence-corrected chi connectivity index (χ0v) is 13.8. The van der Waals surface area contributed by atoms with Crippen molar-refractivity contribution in [2.24, 2.45) is 5.92 Å². The van der Waals surface area contributed by atoms with Gasteiger partial charge in [0.2, 0.25) is 23.4 Å². The number of piperazine rings is 1. The number of hydrogen-bond donors (Lipinski definition) is 0. The van der Waals surface area contributed by atoms with Crippen molar-refractivity contribution >= 4 is 11.8 Å². The van der Waals surface area contributed by atoms with Gasteiger partial charge >= 0.3 is 0 Å². The lowest BCUT2D eigenvalue weighted by Gasteiger charge is -2.36. The van der Waals surface area contributed by atoms with Crippen molar-refractivity contribution < 1.29 is 9.21 Å². The van der Waals surface area contributed by atoms with Gasteiger partial charge in [0.15, 0.2) is 0 Å². The number of oxazole rings is 1. The number of anilines is 1. The Labute approximate surface area is 141 Å². The molecule has 2 aliphatic carbocycles. The molecule has 0 unspecified atom stereocenters. The Morgan fingerprint density at radius 2 is 2.00 bits per heavy atom. The Balaban J connectivity index is 1.40. The lowest BCUT2D eigenvalue weighted by atomic mass is 9.93. The van der Waals surface area contributed by atoms with E-state index in [1.54, 1.807) is 0 Å². The Hall–Kier alpha value is -2.29. The molecule has 1 saturated carbocycles. The van der Waals surface area contributed by atoms with Crippen LogP contribution in [0.1, 0.15) is 49.6 Å². The number of allylic oxidation sites excluding steroid dienone is 2. The van der Waals surface area contributed by atoms with Gasteiger partial charge in [-0.15, -0.1) is 0 Å². The molecule has 6 nitrogen and oxygen atoms in total. The molecule has 6 heteroatoms. The van der Waals surface area contributed by atoms with E-state index in [1.165, 1.54) is 0 Å². The smallest absolute Gasteiger partial charge is 0.234 e. The molecular weight excluding hydrogens is 304 g/mol. The van der Waals surface area contributed by atoms with E-state index in [9.17, 15) is 10.1 Å². The van der Waals surface area contributed by atoms with E-state index in [-0.39, 0.29) is 11.8 Å². The Kier molecular flexibility index (Phi) is 4.01. The van der Waals surface area contributed by atoms with E-state index in [2.05, 4.69) is 28.1 Å². The number of nitrogens with zero attached hydrogens (tertiary/aromatic N) is 4. The minimum Gasteiger partial charge on any atom is -0.423 e. The standard InChI is InChI=1S/C18H22N4O2/c19-12-15-18(24-16(20-15)13-6-7-13)22-10-8-21(9-11-22)17(23)14-4-2-1-3-5-14/h1-2,13-14H,3-11H2/t14-/m1/s1. The van der Waals surface area contributed by atoms with Crippen LogP contribution < -0.4 is 4.90 Å². The number of aromatic nitrogens is 1. The first-order chi connectivity index (χ1) is 11.8. The first kappa shape index (κ1) is 15.3. The van der Waals surface area contributed by atoms with E-state index in [1.807, 2.05) is 4.90 Å². The van der Waals surface area contributed by atoms with Gasteiger partial charge in [-0.25, -0.2) is 4.98 Å². The molecule has 1 aromatic heterocycles. The summed E-state index contributed by atoms with van der Waals surface area (Å²) in [5, 5.41) is 9.30. The monoisotopic (exact) mass is 326 g/mol. The fourth-order valence-electron chi connectivity index (χ4n) is 3.53. The maximum absolute atomic E-state index is 12.6. The van der Waals surface area contributed by atoms with Crippen molar-refractivity contribution in [1.82, 2.24) is 9.88 Å². The van der Waals surface area contributed by atoms with E-state index in [4.69, 9.17) is 4.42 Å². The van der Waals surface area contributed by atoms with Gasteiger partial charge in [-0.3, -0.25) is 4.79 Å². The van der Waals surface area contributed by atoms with Crippen LogP contribution in [-0.4, -0.2) is 42.0 Å². The normalized spacial score (nSPS) is 24.0. The molecule has 0 bridgehead atoms. The average molecular weight is 326 g/mol. The van der Waals surface area contributed by atoms with Crippen molar-refractivity contribution in [3.05, 3.63) is 23.7 Å². The highest BCUT2D eigenvalue weighted by Crippen LogP contribution is 2.41. The number of carbonyl (C=O) groups excluding carboxylic acids is 1. The minimum absolute atomic E-state index is 0.142. The third-order valence-electron chi connectivity index (χ3n) is 5.16. The second-order valence-corrected chi connectivity index (χ2v) is 6.89. The molecule has 2 fully saturated rings. The summed E-state index contributed by atoms with van der Waals surface area (Å²) in [7, 11) is 0. The zero-order valence-electron chi connectivity index (χ0n) is 13.8. The van der Waals surface area contributed by atoms with Gasteiger partial charge in [0.25, 0.3) is 0 Å². The first-order valence-corrected chi connectivity index (χ1v) is 8.86. The van der Waals surface area contributed by atoms with E-state index >= 15 is 0 Å². The summed E-state index contributed by atoms with van der Waals surface area (Å²) in [6, 6.07) is 2.15. The number of nitriles is 1. The largest absolute Gasteiger partial charge is 0.423 e. The van der Waals surface area contributed by atoms with Gasteiger partial charge in [0, 0.05) is 38.0 Å². The van der Waals surface area contributed by atoms with Crippen molar-refractivity contribution in [2.45, 2.75) is 38.0 Å². The SMILES string of the molecule is N#Cc1nc(C2CC2)oc1N1CCN(C(=O)[C@@H]2CC=CCC2)CC1. The molecule has 0 N–H and O–H groups in total. The van der Waals surface area contributed by atoms with Gasteiger partial charge in [-0.1, -0.05) is 12.2 Å². The molecule has 1 atom stereocenters. The summed E-state index contributed by atoms with van der Waals surface area (Å²) >= 11 is 0. The van der Waals surface area contributed by atoms with Gasteiger partial charge < -0.3 is 14.2 Å². The second kappa shape index (κ2) is 6.31. The number of carbonyl (C=O) groups is 1. The van der Waals surface area contributed by atoms with Crippen molar-refractivity contribution in [3.63, 3.8) is 0 Å². The van der Waals surface area contributed by atoms with Crippen LogP contribution in [0.4, 0.5) is 5.88 Å². The van der Waals surface area contributed by atoms with Gasteiger partial charge in [-0.2, -0.15) is 5.26 Å². The molecule has 1 saturated heterocycles. The van der Waals surface area contributed by atoms with Crippen LogP contribution in [-0.2, 0) is 4.79 Å². The van der Waals surface area contributed by atoms with E-state index in [0.29, 0.717) is 49.6 Å². The number of amides is 1. The minimum atomic E-state index is 0.142. The maximum Gasteiger partial charge on any atom is 0.234 e. The molecule has 1 amide bonds. The quantitative estimate of drug-likeness (QED) is 0.798. The van der Waals surface area contributed by atoms with Crippen LogP contribution in [0.2, 0.25) is 0 Å². The molecule has 0 aromatic carbocycles. The molecule has 1 aromatic rings. The fourth-order valence-corrected chi connectivity index (χ4v) is 3.53. The highest BCUT2D eigenvalue weighted by atomic mass is 16.4. The summed E-state index contributed by atoms with van der Waals surface area (Å²) in [5.41, 5.74) is 0.383. The summed E-state index contributed by atoms with van der Waals surface area (Å²) in [6.07, 6.45) is 9.31. The number of hydrogen-bond acceptors (Lipinski definition) is 5. The summed E-state index contributed by atoms with van der Waals surface area (Å²) < 4.78 is 5.86. The summed E-state index contributed by atoms with van der Waals surface area (Å²) in [6.45, 7) is 2.76. The lowest BCUT2D eigenvalue weighted by molar-refractivity contribution is -0.136. The Morgan fingerprint density at radius 3 is 2.62 bits per heavy atom. The molecule has 4 rings (SSSR count).